The molecule has 0 saturated carbocycles. The molecule has 1 aromatic carbocycles. The molecule has 0 aliphatic rings. The first-order valence-electron chi connectivity index (χ1n) is 9.12. The Morgan fingerprint density at radius 1 is 1.27 bits per heavy atom. The zero-order chi connectivity index (χ0) is 22.3. The summed E-state index contributed by atoms with van der Waals surface area (Å²) in [6.07, 6.45) is 2.09. The fourth-order valence-electron chi connectivity index (χ4n) is 2.78. The summed E-state index contributed by atoms with van der Waals surface area (Å²) in [6, 6.07) is 6.64. The molecule has 1 heterocycles. The maximum absolute atomic E-state index is 12.7. The maximum Gasteiger partial charge on any atom is 0.326 e. The number of carbonyl (C=O) groups is 2. The number of aromatic nitrogens is 1. The number of hydrogen-bond acceptors (Lipinski definition) is 4. The lowest BCUT2D eigenvalue weighted by Crippen LogP contribution is -2.43. The van der Waals surface area contributed by atoms with E-state index in [0.29, 0.717) is 34.4 Å². The first-order chi connectivity index (χ1) is 14.2. The van der Waals surface area contributed by atoms with E-state index in [1.54, 1.807) is 25.1 Å². The molecule has 160 valence electrons. The van der Waals surface area contributed by atoms with Crippen LogP contribution in [-0.2, 0) is 11.3 Å². The van der Waals surface area contributed by atoms with Crippen LogP contribution in [0.3, 0.4) is 0 Å². The third kappa shape index (κ3) is 6.89. The number of aliphatic imine (C=N–C) groups is 1. The van der Waals surface area contributed by atoms with Crippen LogP contribution >= 0.6 is 23.2 Å². The van der Waals surface area contributed by atoms with Crippen LogP contribution in [0.4, 0.5) is 0 Å². The normalized spacial score (nSPS) is 12.4. The van der Waals surface area contributed by atoms with Gasteiger partial charge in [0.2, 0.25) is 0 Å². The second-order valence-electron chi connectivity index (χ2n) is 6.66. The lowest BCUT2D eigenvalue weighted by Gasteiger charge is -2.14. The van der Waals surface area contributed by atoms with Crippen LogP contribution in [0.2, 0.25) is 10.0 Å². The van der Waals surface area contributed by atoms with Crippen molar-refractivity contribution in [1.29, 1.82) is 0 Å². The van der Waals surface area contributed by atoms with Crippen LogP contribution < -0.4 is 16.6 Å². The van der Waals surface area contributed by atoms with Gasteiger partial charge in [-0.25, -0.2) is 4.79 Å². The molecule has 0 radical (unpaired) electrons. The second kappa shape index (κ2) is 10.8. The van der Waals surface area contributed by atoms with Crippen molar-refractivity contribution in [2.45, 2.75) is 32.4 Å². The highest BCUT2D eigenvalue weighted by Gasteiger charge is 2.22. The average molecular weight is 453 g/mol. The number of nitrogens with two attached hydrogens (primary N) is 1. The summed E-state index contributed by atoms with van der Waals surface area (Å²) in [5, 5.41) is 12.6. The van der Waals surface area contributed by atoms with Gasteiger partial charge >= 0.3 is 5.97 Å². The third-order valence-corrected chi connectivity index (χ3v) is 4.59. The quantitative estimate of drug-likeness (QED) is 0.306. The van der Waals surface area contributed by atoms with Gasteiger partial charge in [-0.2, -0.15) is 0 Å². The van der Waals surface area contributed by atoms with Crippen molar-refractivity contribution in [1.82, 2.24) is 9.88 Å². The van der Waals surface area contributed by atoms with E-state index in [4.69, 9.17) is 28.9 Å². The van der Waals surface area contributed by atoms with Crippen molar-refractivity contribution in [2.75, 3.05) is 6.54 Å². The highest BCUT2D eigenvalue weighted by Crippen LogP contribution is 2.19. The number of halogens is 2. The molecule has 1 unspecified atom stereocenters. The van der Waals surface area contributed by atoms with E-state index < -0.39 is 23.5 Å². The molecule has 8 nitrogen and oxygen atoms in total. The summed E-state index contributed by atoms with van der Waals surface area (Å²) in [5.74, 6) is -1.55. The molecular weight excluding hydrogens is 431 g/mol. The molecule has 0 aliphatic carbocycles. The second-order valence-corrected chi connectivity index (χ2v) is 7.54. The molecule has 0 bridgehead atoms. The van der Waals surface area contributed by atoms with Crippen LogP contribution in [0.25, 0.3) is 0 Å². The predicted octanol–water partition coefficient (Wildman–Crippen LogP) is 2.54. The fourth-order valence-corrected chi connectivity index (χ4v) is 3.35. The van der Waals surface area contributed by atoms with Gasteiger partial charge in [0, 0.05) is 22.8 Å². The van der Waals surface area contributed by atoms with Crippen molar-refractivity contribution in [3.8, 4) is 0 Å². The molecule has 1 aromatic heterocycles. The van der Waals surface area contributed by atoms with Crippen molar-refractivity contribution in [2.24, 2.45) is 10.7 Å². The third-order valence-electron chi connectivity index (χ3n) is 4.16. The number of amides is 1. The molecule has 0 aliphatic heterocycles. The van der Waals surface area contributed by atoms with Crippen molar-refractivity contribution >= 4 is 40.9 Å². The van der Waals surface area contributed by atoms with E-state index in [-0.39, 0.29) is 18.5 Å². The van der Waals surface area contributed by atoms with Crippen molar-refractivity contribution in [3.63, 3.8) is 0 Å². The number of carbonyl (C=O) groups excluding carboxylic acids is 1. The number of hydrogen-bond donors (Lipinski definition) is 3. The number of aliphatic carboxylic acids is 1. The van der Waals surface area contributed by atoms with E-state index >= 15 is 0 Å². The summed E-state index contributed by atoms with van der Waals surface area (Å²) < 4.78 is 1.32. The van der Waals surface area contributed by atoms with Gasteiger partial charge in [0.1, 0.15) is 11.6 Å². The molecule has 4 N–H and O–H groups in total. The Morgan fingerprint density at radius 3 is 2.53 bits per heavy atom. The minimum Gasteiger partial charge on any atom is -0.480 e. The molecule has 1 atom stereocenters. The van der Waals surface area contributed by atoms with E-state index in [1.165, 1.54) is 22.9 Å². The van der Waals surface area contributed by atoms with Gasteiger partial charge in [0.05, 0.1) is 12.4 Å². The predicted molar refractivity (Wildman–Crippen MR) is 117 cm³/mol. The van der Waals surface area contributed by atoms with Gasteiger partial charge in [0.25, 0.3) is 11.5 Å². The summed E-state index contributed by atoms with van der Waals surface area (Å²) >= 11 is 12.0. The van der Waals surface area contributed by atoms with E-state index in [1.807, 2.05) is 0 Å². The van der Waals surface area contributed by atoms with Crippen LogP contribution in [-0.4, -0.2) is 40.0 Å². The number of carboxylic acids is 1. The van der Waals surface area contributed by atoms with Gasteiger partial charge in [-0.05, 0) is 55.7 Å². The molecule has 1 amide bonds. The molecule has 0 spiro atoms. The monoisotopic (exact) mass is 452 g/mol. The minimum atomic E-state index is -1.19. The number of benzene rings is 1. The Balaban J connectivity index is 2.15. The molecule has 0 saturated heterocycles. The summed E-state index contributed by atoms with van der Waals surface area (Å²) in [7, 11) is 0. The highest BCUT2D eigenvalue weighted by molar-refractivity contribution is 6.34. The number of rotatable bonds is 9. The van der Waals surface area contributed by atoms with E-state index in [0.717, 1.165) is 0 Å². The Morgan fingerprint density at radius 2 is 1.93 bits per heavy atom. The lowest BCUT2D eigenvalue weighted by atomic mass is 10.1. The van der Waals surface area contributed by atoms with E-state index in [2.05, 4.69) is 10.3 Å². The zero-order valence-corrected chi connectivity index (χ0v) is 17.8. The molecular formula is C20H22Cl2N4O4. The van der Waals surface area contributed by atoms with Crippen molar-refractivity contribution in [3.05, 3.63) is 68.1 Å². The fraction of sp³-hybridized carbons (Fsp3) is 0.300. The average Bonchev–Trinajstić information content (AvgIpc) is 2.64. The molecule has 30 heavy (non-hydrogen) atoms. The van der Waals surface area contributed by atoms with Gasteiger partial charge < -0.3 is 20.7 Å². The molecule has 10 heteroatoms. The van der Waals surface area contributed by atoms with E-state index in [9.17, 15) is 19.5 Å². The Labute approximate surface area is 183 Å². The minimum absolute atomic E-state index is 0.152. The van der Waals surface area contributed by atoms with Gasteiger partial charge in [0.15, 0.2) is 0 Å². The summed E-state index contributed by atoms with van der Waals surface area (Å²) in [4.78, 5) is 40.7. The Kier molecular flexibility index (Phi) is 8.44. The lowest BCUT2D eigenvalue weighted by molar-refractivity contribution is -0.139. The molecule has 2 aromatic rings. The number of nitrogens with zero attached hydrogens (tertiary/aromatic N) is 2. The number of amidine groups is 1. The van der Waals surface area contributed by atoms with Gasteiger partial charge in [-0.15, -0.1) is 0 Å². The van der Waals surface area contributed by atoms with Crippen LogP contribution in [0.1, 0.15) is 35.7 Å². The SMILES string of the molecule is CC(N)=NCCCC(NC(=O)c1cccn(Cc2cc(Cl)cc(Cl)c2)c1=O)C(=O)O. The standard InChI is InChI=1S/C20H22Cl2N4O4/c1-12(23)24-6-2-5-17(20(29)30)25-18(27)16-4-3-7-26(19(16)28)11-13-8-14(21)10-15(22)9-13/h3-4,7-10,17H,2,5-6,11H2,1H3,(H2,23,24)(H,25,27)(H,29,30). The number of carboxylic acid groups (broad SMARTS) is 1. The topological polar surface area (TPSA) is 127 Å². The smallest absolute Gasteiger partial charge is 0.326 e. The van der Waals surface area contributed by atoms with Crippen LogP contribution in [0.5, 0.6) is 0 Å². The summed E-state index contributed by atoms with van der Waals surface area (Å²) in [6.45, 7) is 2.13. The van der Waals surface area contributed by atoms with Gasteiger partial charge in [-0.1, -0.05) is 23.2 Å². The largest absolute Gasteiger partial charge is 0.480 e. The highest BCUT2D eigenvalue weighted by atomic mass is 35.5. The Bertz CT molecular complexity index is 996. The first-order valence-corrected chi connectivity index (χ1v) is 9.87. The number of pyridine rings is 1. The zero-order valence-electron chi connectivity index (χ0n) is 16.3. The van der Waals surface area contributed by atoms with Crippen LogP contribution in [0, 0.1) is 0 Å². The molecule has 2 rings (SSSR count). The van der Waals surface area contributed by atoms with Crippen LogP contribution in [0.15, 0.2) is 46.3 Å². The summed E-state index contributed by atoms with van der Waals surface area (Å²) in [5.41, 5.74) is 5.41. The van der Waals surface area contributed by atoms with Gasteiger partial charge in [-0.3, -0.25) is 14.6 Å². The van der Waals surface area contributed by atoms with Crippen molar-refractivity contribution < 1.29 is 14.7 Å². The molecule has 0 fully saturated rings. The maximum atomic E-state index is 12.7. The first kappa shape index (κ1) is 23.4. The number of nitrogens with one attached hydrogen (secondary N) is 1. The Hall–Kier alpha value is -2.84.